The fourth-order valence-corrected chi connectivity index (χ4v) is 10.7. The molecule has 1 unspecified atom stereocenters. The second kappa shape index (κ2) is 12.8. The summed E-state index contributed by atoms with van der Waals surface area (Å²) in [4.78, 5) is 42.3. The van der Waals surface area contributed by atoms with Crippen molar-refractivity contribution in [2.45, 2.75) is 69.1 Å². The minimum atomic E-state index is -2.88. The van der Waals surface area contributed by atoms with Crippen LogP contribution in [-0.4, -0.2) is 71.4 Å². The number of aliphatic hydroxyl groups is 1. The van der Waals surface area contributed by atoms with Crippen molar-refractivity contribution in [2.75, 3.05) is 30.1 Å². The zero-order chi connectivity index (χ0) is 34.5. The first-order chi connectivity index (χ1) is 23.5. The van der Waals surface area contributed by atoms with E-state index in [1.165, 1.54) is 0 Å². The molecule has 0 aliphatic carbocycles. The molecular formula is C37H43N5O6Si. The largest absolute Gasteiger partial charge is 0.497 e. The number of benzene rings is 3. The van der Waals surface area contributed by atoms with E-state index in [9.17, 15) is 19.5 Å². The molecule has 7 rings (SSSR count). The standard InChI is InChI=1S/C37H43N5O6Si/c1-24-35(49(3,4)46)33(15-17-40-22-31(38-39-40)29(23-43)26-10-6-5-7-11-26)48-37(24)30-20-28(47-2)13-14-32(30)42(36(37)45)21-25-9-8-12-27(19-25)41-18-16-34(41)44/h5-14,19-20,22,24,29,33,35,43,46H,15-18,21,23H2,1-4H3/t24-,29?,33+,35-,37+/m1/s1. The molecule has 3 aliphatic rings. The summed E-state index contributed by atoms with van der Waals surface area (Å²) in [5.74, 6) is -0.0808. The Kier molecular flexibility index (Phi) is 8.68. The first-order valence-electron chi connectivity index (χ1n) is 16.9. The van der Waals surface area contributed by atoms with Crippen LogP contribution in [0.4, 0.5) is 11.4 Å². The molecule has 3 aliphatic heterocycles. The second-order valence-corrected chi connectivity index (χ2v) is 17.9. The van der Waals surface area contributed by atoms with Gasteiger partial charge in [-0.25, -0.2) is 0 Å². The molecular weight excluding hydrogens is 639 g/mol. The third kappa shape index (κ3) is 5.76. The van der Waals surface area contributed by atoms with Crippen molar-refractivity contribution in [1.82, 2.24) is 15.0 Å². The zero-order valence-electron chi connectivity index (χ0n) is 28.3. The Morgan fingerprint density at radius 2 is 1.88 bits per heavy atom. The molecule has 1 aromatic heterocycles. The van der Waals surface area contributed by atoms with Crippen molar-refractivity contribution >= 4 is 31.5 Å². The number of amides is 2. The molecule has 1 spiro atoms. The second-order valence-electron chi connectivity index (χ2n) is 13.9. The van der Waals surface area contributed by atoms with E-state index in [0.717, 1.165) is 28.1 Å². The predicted molar refractivity (Wildman–Crippen MR) is 187 cm³/mol. The van der Waals surface area contributed by atoms with Crippen LogP contribution in [0.25, 0.3) is 0 Å². The highest BCUT2D eigenvalue weighted by Gasteiger charge is 2.66. The lowest BCUT2D eigenvalue weighted by atomic mass is 9.82. The lowest BCUT2D eigenvalue weighted by molar-refractivity contribution is -0.146. The maximum absolute atomic E-state index is 14.9. The van der Waals surface area contributed by atoms with Crippen molar-refractivity contribution in [3.05, 3.63) is 101 Å². The normalized spacial score (nSPS) is 24.0. The summed E-state index contributed by atoms with van der Waals surface area (Å²) >= 11 is 0. The van der Waals surface area contributed by atoms with E-state index in [1.54, 1.807) is 21.6 Å². The summed E-state index contributed by atoms with van der Waals surface area (Å²) in [5, 5.41) is 18.9. The molecule has 4 aromatic rings. The van der Waals surface area contributed by atoms with Crippen LogP contribution >= 0.6 is 0 Å². The van der Waals surface area contributed by atoms with E-state index in [1.807, 2.05) is 99.0 Å². The van der Waals surface area contributed by atoms with E-state index in [4.69, 9.17) is 9.47 Å². The smallest absolute Gasteiger partial charge is 0.264 e. The van der Waals surface area contributed by atoms with Gasteiger partial charge in [0.25, 0.3) is 5.91 Å². The van der Waals surface area contributed by atoms with Crippen LogP contribution in [0.1, 0.15) is 48.1 Å². The number of methoxy groups -OCH3 is 1. The number of β-lactam (4-membered cyclic amide) rings is 1. The molecule has 2 N–H and O–H groups in total. The molecule has 2 amide bonds. The highest BCUT2D eigenvalue weighted by atomic mass is 28.4. The number of fused-ring (bicyclic) bond motifs is 2. The van der Waals surface area contributed by atoms with Gasteiger partial charge in [0.1, 0.15) is 5.75 Å². The summed E-state index contributed by atoms with van der Waals surface area (Å²) in [6, 6.07) is 23.2. The number of anilines is 2. The number of nitrogens with zero attached hydrogens (tertiary/aromatic N) is 5. The van der Waals surface area contributed by atoms with Crippen molar-refractivity contribution in [3.8, 4) is 5.75 Å². The van der Waals surface area contributed by atoms with Gasteiger partial charge in [0.15, 0.2) is 13.9 Å². The van der Waals surface area contributed by atoms with Crippen molar-refractivity contribution in [1.29, 1.82) is 0 Å². The first kappa shape index (κ1) is 33.1. The molecule has 256 valence electrons. The number of aryl methyl sites for hydroxylation is 1. The van der Waals surface area contributed by atoms with Crippen LogP contribution in [-0.2, 0) is 33.0 Å². The van der Waals surface area contributed by atoms with Gasteiger partial charge in [0, 0.05) is 48.4 Å². The number of hydrogen-bond acceptors (Lipinski definition) is 8. The molecule has 5 atom stereocenters. The van der Waals surface area contributed by atoms with Gasteiger partial charge < -0.3 is 29.2 Å². The van der Waals surface area contributed by atoms with Crippen LogP contribution in [0.5, 0.6) is 5.75 Å². The SMILES string of the molecule is COc1ccc2c(c1)[C@]1(O[C@@H](CCn3cc(C(CO)c4ccccc4)nn3)[C@H]([Si](C)(C)O)[C@H]1C)C(=O)N2Cc1cccc(N2CCC2=O)c1. The lowest BCUT2D eigenvalue weighted by Gasteiger charge is -2.32. The third-order valence-corrected chi connectivity index (χ3v) is 13.0. The molecule has 2 fully saturated rings. The van der Waals surface area contributed by atoms with Gasteiger partial charge in [-0.3, -0.25) is 14.3 Å². The van der Waals surface area contributed by atoms with Gasteiger partial charge in [-0.2, -0.15) is 0 Å². The van der Waals surface area contributed by atoms with Crippen molar-refractivity contribution in [2.24, 2.45) is 5.92 Å². The number of hydrogen-bond donors (Lipinski definition) is 2. The molecule has 11 nitrogen and oxygen atoms in total. The first-order valence-corrected chi connectivity index (χ1v) is 19.9. The van der Waals surface area contributed by atoms with Gasteiger partial charge in [-0.15, -0.1) is 5.10 Å². The summed E-state index contributed by atoms with van der Waals surface area (Å²) in [6.45, 7) is 7.20. The average Bonchev–Trinajstić information content (AvgIpc) is 3.74. The number of rotatable bonds is 11. The Labute approximate surface area is 287 Å². The molecule has 4 heterocycles. The van der Waals surface area contributed by atoms with Crippen LogP contribution in [0.15, 0.2) is 79.0 Å². The van der Waals surface area contributed by atoms with Crippen LogP contribution in [0.3, 0.4) is 0 Å². The van der Waals surface area contributed by atoms with Crippen LogP contribution in [0, 0.1) is 5.92 Å². The third-order valence-electron chi connectivity index (χ3n) is 10.5. The van der Waals surface area contributed by atoms with E-state index in [0.29, 0.717) is 43.9 Å². The quantitative estimate of drug-likeness (QED) is 0.174. The molecule has 0 bridgehead atoms. The summed E-state index contributed by atoms with van der Waals surface area (Å²) < 4.78 is 14.4. The number of ether oxygens (including phenoxy) is 2. The van der Waals surface area contributed by atoms with Gasteiger partial charge in [-0.05, 0) is 61.0 Å². The fraction of sp³-hybridized carbons (Fsp3) is 0.405. The monoisotopic (exact) mass is 681 g/mol. The van der Waals surface area contributed by atoms with E-state index >= 15 is 0 Å². The fourth-order valence-electron chi connectivity index (χ4n) is 8.10. The Bertz CT molecular complexity index is 1860. The average molecular weight is 682 g/mol. The Balaban J connectivity index is 1.18. The maximum atomic E-state index is 14.9. The minimum Gasteiger partial charge on any atom is -0.497 e. The number of aliphatic hydroxyl groups excluding tert-OH is 1. The van der Waals surface area contributed by atoms with Crippen LogP contribution in [0.2, 0.25) is 18.6 Å². The summed E-state index contributed by atoms with van der Waals surface area (Å²) in [6.07, 6.45) is 2.47. The Morgan fingerprint density at radius 1 is 1.08 bits per heavy atom. The Morgan fingerprint density at radius 3 is 2.55 bits per heavy atom. The van der Waals surface area contributed by atoms with E-state index < -0.39 is 20.0 Å². The highest BCUT2D eigenvalue weighted by molar-refractivity contribution is 6.71. The van der Waals surface area contributed by atoms with E-state index in [2.05, 4.69) is 10.3 Å². The predicted octanol–water partition coefficient (Wildman–Crippen LogP) is 4.58. The Hall–Kier alpha value is -4.36. The van der Waals surface area contributed by atoms with Crippen molar-refractivity contribution in [3.63, 3.8) is 0 Å². The zero-order valence-corrected chi connectivity index (χ0v) is 29.3. The molecule has 0 radical (unpaired) electrons. The van der Waals surface area contributed by atoms with Gasteiger partial charge in [0.05, 0.1) is 43.7 Å². The maximum Gasteiger partial charge on any atom is 0.264 e. The van der Waals surface area contributed by atoms with E-state index in [-0.39, 0.29) is 35.8 Å². The molecule has 0 saturated carbocycles. The summed E-state index contributed by atoms with van der Waals surface area (Å²) in [7, 11) is -1.28. The molecule has 49 heavy (non-hydrogen) atoms. The molecule has 2 saturated heterocycles. The van der Waals surface area contributed by atoms with Gasteiger partial charge >= 0.3 is 0 Å². The van der Waals surface area contributed by atoms with Crippen LogP contribution < -0.4 is 14.5 Å². The topological polar surface area (TPSA) is 130 Å². The van der Waals surface area contributed by atoms with Crippen molar-refractivity contribution < 1.29 is 29.0 Å². The summed E-state index contributed by atoms with van der Waals surface area (Å²) in [5.41, 5.74) is 3.27. The van der Waals surface area contributed by atoms with Gasteiger partial charge in [0.2, 0.25) is 5.91 Å². The molecule has 3 aromatic carbocycles. The highest BCUT2D eigenvalue weighted by Crippen LogP contribution is 2.60. The molecule has 12 heteroatoms. The number of aromatic nitrogens is 3. The van der Waals surface area contributed by atoms with Gasteiger partial charge in [-0.1, -0.05) is 54.6 Å². The minimum absolute atomic E-state index is 0.0942. The number of carbonyl (C=O) groups excluding carboxylic acids is 2. The number of carbonyl (C=O) groups is 2. The lowest BCUT2D eigenvalue weighted by Crippen LogP contribution is -2.46.